The molecule has 2 heterocycles. The minimum absolute atomic E-state index is 0.0475. The van der Waals surface area contributed by atoms with Crippen LogP contribution < -0.4 is 5.32 Å². The second-order valence-corrected chi connectivity index (χ2v) is 4.12. The fourth-order valence-electron chi connectivity index (χ4n) is 1.70. The van der Waals surface area contributed by atoms with Gasteiger partial charge in [-0.2, -0.15) is 0 Å². The van der Waals surface area contributed by atoms with Gasteiger partial charge in [-0.25, -0.2) is 0 Å². The molecule has 2 aromatic heterocycles. The maximum atomic E-state index is 10.6. The summed E-state index contributed by atoms with van der Waals surface area (Å²) < 4.78 is 0. The third-order valence-corrected chi connectivity index (χ3v) is 2.54. The predicted octanol–water partition coefficient (Wildman–Crippen LogP) is 1.39. The monoisotopic (exact) mass is 257 g/mol. The lowest BCUT2D eigenvalue weighted by Gasteiger charge is -2.05. The smallest absolute Gasteiger partial charge is 0.309 e. The van der Waals surface area contributed by atoms with Crippen molar-refractivity contribution in [3.05, 3.63) is 59.7 Å². The van der Waals surface area contributed by atoms with Crippen LogP contribution in [0.1, 0.15) is 17.1 Å². The van der Waals surface area contributed by atoms with E-state index >= 15 is 0 Å². The summed E-state index contributed by atoms with van der Waals surface area (Å²) in [5.41, 5.74) is 2.36. The first-order chi connectivity index (χ1) is 9.24. The van der Waals surface area contributed by atoms with Crippen LogP contribution in [0.15, 0.2) is 42.6 Å². The van der Waals surface area contributed by atoms with Crippen molar-refractivity contribution in [3.8, 4) is 0 Å². The number of pyridine rings is 2. The van der Waals surface area contributed by atoms with Crippen LogP contribution in [0.5, 0.6) is 0 Å². The average Bonchev–Trinajstić information content (AvgIpc) is 2.40. The van der Waals surface area contributed by atoms with Gasteiger partial charge in [-0.1, -0.05) is 12.1 Å². The van der Waals surface area contributed by atoms with E-state index in [1.54, 1.807) is 12.3 Å². The van der Waals surface area contributed by atoms with Crippen molar-refractivity contribution in [1.82, 2.24) is 15.3 Å². The van der Waals surface area contributed by atoms with Gasteiger partial charge in [-0.15, -0.1) is 0 Å². The summed E-state index contributed by atoms with van der Waals surface area (Å²) >= 11 is 0. The fourth-order valence-corrected chi connectivity index (χ4v) is 1.70. The van der Waals surface area contributed by atoms with E-state index in [4.69, 9.17) is 5.11 Å². The van der Waals surface area contributed by atoms with E-state index in [1.165, 1.54) is 0 Å². The molecule has 0 radical (unpaired) electrons. The maximum Gasteiger partial charge on any atom is 0.309 e. The van der Waals surface area contributed by atoms with Gasteiger partial charge in [0.15, 0.2) is 0 Å². The maximum absolute atomic E-state index is 10.6. The summed E-state index contributed by atoms with van der Waals surface area (Å²) in [6.45, 7) is 1.25. The Labute approximate surface area is 111 Å². The summed E-state index contributed by atoms with van der Waals surface area (Å²) in [7, 11) is 0. The van der Waals surface area contributed by atoms with Crippen LogP contribution in [-0.4, -0.2) is 21.0 Å². The molecule has 2 rings (SSSR count). The van der Waals surface area contributed by atoms with Crippen LogP contribution in [0.4, 0.5) is 0 Å². The highest BCUT2D eigenvalue weighted by Gasteiger charge is 2.03. The lowest BCUT2D eigenvalue weighted by molar-refractivity contribution is -0.136. The molecule has 0 spiro atoms. The number of hydrogen-bond donors (Lipinski definition) is 2. The Bertz CT molecular complexity index is 543. The van der Waals surface area contributed by atoms with Crippen molar-refractivity contribution in [1.29, 1.82) is 0 Å². The molecular weight excluding hydrogens is 242 g/mol. The summed E-state index contributed by atoms with van der Waals surface area (Å²) in [4.78, 5) is 19.1. The number of nitrogens with one attached hydrogen (secondary N) is 1. The molecule has 0 aliphatic rings. The molecule has 0 bridgehead atoms. The third-order valence-electron chi connectivity index (χ3n) is 2.54. The summed E-state index contributed by atoms with van der Waals surface area (Å²) in [5, 5.41) is 11.9. The van der Waals surface area contributed by atoms with Gasteiger partial charge in [0.05, 0.1) is 23.5 Å². The van der Waals surface area contributed by atoms with Crippen molar-refractivity contribution in [3.63, 3.8) is 0 Å². The average molecular weight is 257 g/mol. The molecule has 0 saturated heterocycles. The number of aliphatic carboxylic acids is 1. The van der Waals surface area contributed by atoms with Crippen LogP contribution in [-0.2, 0) is 24.3 Å². The van der Waals surface area contributed by atoms with Crippen molar-refractivity contribution in [2.24, 2.45) is 0 Å². The summed E-state index contributed by atoms with van der Waals surface area (Å²) in [6.07, 6.45) is 1.71. The van der Waals surface area contributed by atoms with Crippen molar-refractivity contribution < 1.29 is 9.90 Å². The molecule has 0 unspecified atom stereocenters. The van der Waals surface area contributed by atoms with Crippen molar-refractivity contribution in [2.75, 3.05) is 0 Å². The molecule has 0 aliphatic carbocycles. The predicted molar refractivity (Wildman–Crippen MR) is 70.4 cm³/mol. The highest BCUT2D eigenvalue weighted by Crippen LogP contribution is 2.01. The van der Waals surface area contributed by atoms with E-state index in [2.05, 4.69) is 15.3 Å². The third kappa shape index (κ3) is 4.48. The molecule has 5 nitrogen and oxygen atoms in total. The first-order valence-corrected chi connectivity index (χ1v) is 6.01. The Morgan fingerprint density at radius 3 is 2.53 bits per heavy atom. The first-order valence-electron chi connectivity index (χ1n) is 6.01. The molecular formula is C14H15N3O2. The zero-order valence-corrected chi connectivity index (χ0v) is 10.4. The highest BCUT2D eigenvalue weighted by atomic mass is 16.4. The fraction of sp³-hybridized carbons (Fsp3) is 0.214. The summed E-state index contributed by atoms with van der Waals surface area (Å²) in [6, 6.07) is 11.2. The molecule has 0 saturated carbocycles. The van der Waals surface area contributed by atoms with E-state index in [-0.39, 0.29) is 6.42 Å². The second-order valence-electron chi connectivity index (χ2n) is 4.12. The summed E-state index contributed by atoms with van der Waals surface area (Å²) in [5.74, 6) is -0.869. The van der Waals surface area contributed by atoms with Gasteiger partial charge in [0.25, 0.3) is 0 Å². The molecule has 5 heteroatoms. The van der Waals surface area contributed by atoms with E-state index < -0.39 is 5.97 Å². The van der Waals surface area contributed by atoms with Crippen LogP contribution in [0.3, 0.4) is 0 Å². The highest BCUT2D eigenvalue weighted by molar-refractivity contribution is 5.69. The van der Waals surface area contributed by atoms with Gasteiger partial charge >= 0.3 is 5.97 Å². The molecule has 98 valence electrons. The van der Waals surface area contributed by atoms with Crippen LogP contribution in [0, 0.1) is 0 Å². The van der Waals surface area contributed by atoms with Gasteiger partial charge in [0, 0.05) is 19.3 Å². The Morgan fingerprint density at radius 1 is 1.05 bits per heavy atom. The zero-order chi connectivity index (χ0) is 13.5. The molecule has 0 fully saturated rings. The van der Waals surface area contributed by atoms with Gasteiger partial charge in [-0.3, -0.25) is 14.8 Å². The Kier molecular flexibility index (Phi) is 4.58. The van der Waals surface area contributed by atoms with Crippen LogP contribution >= 0.6 is 0 Å². The molecule has 0 aliphatic heterocycles. The molecule has 0 aromatic carbocycles. The number of nitrogens with zero attached hydrogens (tertiary/aromatic N) is 2. The first kappa shape index (κ1) is 13.2. The van der Waals surface area contributed by atoms with E-state index in [1.807, 2.05) is 30.3 Å². The topological polar surface area (TPSA) is 75.1 Å². The Hall–Kier alpha value is -2.27. The minimum atomic E-state index is -0.869. The largest absolute Gasteiger partial charge is 0.481 e. The lowest BCUT2D eigenvalue weighted by atomic mass is 10.2. The van der Waals surface area contributed by atoms with E-state index in [9.17, 15) is 4.79 Å². The zero-order valence-electron chi connectivity index (χ0n) is 10.4. The Morgan fingerprint density at radius 2 is 1.79 bits per heavy atom. The molecule has 0 atom stereocenters. The number of carbonyl (C=O) groups is 1. The normalized spacial score (nSPS) is 10.3. The molecule has 2 N–H and O–H groups in total. The number of hydrogen-bond acceptors (Lipinski definition) is 4. The van der Waals surface area contributed by atoms with Crippen molar-refractivity contribution in [2.45, 2.75) is 19.5 Å². The molecule has 2 aromatic rings. The lowest BCUT2D eigenvalue weighted by Crippen LogP contribution is -2.15. The van der Waals surface area contributed by atoms with E-state index in [0.29, 0.717) is 18.8 Å². The van der Waals surface area contributed by atoms with Gasteiger partial charge in [0.1, 0.15) is 0 Å². The standard InChI is InChI=1S/C14H15N3O2/c18-14(19)8-11-5-3-6-13(17-11)10-15-9-12-4-1-2-7-16-12/h1-7,15H,8-10H2,(H,18,19). The van der Waals surface area contributed by atoms with Crippen molar-refractivity contribution >= 4 is 5.97 Å². The number of carboxylic acid groups (broad SMARTS) is 1. The van der Waals surface area contributed by atoms with Crippen LogP contribution in [0.2, 0.25) is 0 Å². The Balaban J connectivity index is 1.87. The molecule has 0 amide bonds. The van der Waals surface area contributed by atoms with Crippen LogP contribution in [0.25, 0.3) is 0 Å². The second kappa shape index (κ2) is 6.61. The van der Waals surface area contributed by atoms with Gasteiger partial charge < -0.3 is 10.4 Å². The quantitative estimate of drug-likeness (QED) is 0.818. The van der Waals surface area contributed by atoms with Gasteiger partial charge in [-0.05, 0) is 24.3 Å². The van der Waals surface area contributed by atoms with E-state index in [0.717, 1.165) is 11.4 Å². The number of carboxylic acids is 1. The minimum Gasteiger partial charge on any atom is -0.481 e. The number of rotatable bonds is 6. The van der Waals surface area contributed by atoms with Gasteiger partial charge in [0.2, 0.25) is 0 Å². The SMILES string of the molecule is O=C(O)Cc1cccc(CNCc2ccccn2)n1. The number of aromatic nitrogens is 2. The molecule has 19 heavy (non-hydrogen) atoms.